The van der Waals surface area contributed by atoms with E-state index in [9.17, 15) is 14.4 Å². The number of amides is 2. The molecule has 0 saturated carbocycles. The standard InChI is InChI=1S/C29H21BrN4O4S/c1-15-22(26(35)32-18-8-4-3-5-9-18)24(16-7-6-10-19(13-16)38-2)34-28(37)25(39-29(34)31-15)23-20-14-17(30)11-12-21(20)33-27(23)36/h3-14,24H,1-2H3,(H,32,35)(H,33,36)/b25-23-/t24-/m1/s1. The van der Waals surface area contributed by atoms with E-state index in [4.69, 9.17) is 4.74 Å². The van der Waals surface area contributed by atoms with Crippen molar-refractivity contribution >= 4 is 56.0 Å². The summed E-state index contributed by atoms with van der Waals surface area (Å²) in [5, 5.41) is 5.78. The molecule has 0 radical (unpaired) electrons. The van der Waals surface area contributed by atoms with Crippen LogP contribution in [0.5, 0.6) is 5.75 Å². The maximum atomic E-state index is 14.1. The molecule has 2 aliphatic heterocycles. The predicted octanol–water partition coefficient (Wildman–Crippen LogP) is 3.97. The predicted molar refractivity (Wildman–Crippen MR) is 154 cm³/mol. The Morgan fingerprint density at radius 3 is 2.64 bits per heavy atom. The number of para-hydroxylation sites is 1. The van der Waals surface area contributed by atoms with Crippen molar-refractivity contribution in [2.24, 2.45) is 4.99 Å². The molecule has 0 unspecified atom stereocenters. The molecule has 0 saturated heterocycles. The molecule has 0 aliphatic carbocycles. The van der Waals surface area contributed by atoms with Gasteiger partial charge in [-0.2, -0.15) is 0 Å². The maximum absolute atomic E-state index is 14.1. The molecule has 3 aromatic carbocycles. The van der Waals surface area contributed by atoms with Crippen LogP contribution in [-0.4, -0.2) is 23.5 Å². The van der Waals surface area contributed by atoms with Crippen molar-refractivity contribution in [1.82, 2.24) is 4.57 Å². The van der Waals surface area contributed by atoms with Crippen LogP contribution in [0.4, 0.5) is 11.4 Å². The van der Waals surface area contributed by atoms with Crippen LogP contribution in [0.15, 0.2) is 98.3 Å². The zero-order chi connectivity index (χ0) is 27.3. The van der Waals surface area contributed by atoms with Crippen molar-refractivity contribution in [3.05, 3.63) is 119 Å². The van der Waals surface area contributed by atoms with Crippen LogP contribution in [0, 0.1) is 0 Å². The van der Waals surface area contributed by atoms with Crippen LogP contribution in [0.25, 0.3) is 5.57 Å². The summed E-state index contributed by atoms with van der Waals surface area (Å²) in [4.78, 5) is 46.0. The van der Waals surface area contributed by atoms with E-state index in [1.807, 2.05) is 42.5 Å². The lowest BCUT2D eigenvalue weighted by molar-refractivity contribution is -0.113. The number of hydrogen-bond acceptors (Lipinski definition) is 6. The molecule has 4 aromatic rings. The van der Waals surface area contributed by atoms with Crippen molar-refractivity contribution in [2.45, 2.75) is 13.0 Å². The van der Waals surface area contributed by atoms with Crippen molar-refractivity contribution < 1.29 is 14.3 Å². The second kappa shape index (κ2) is 9.79. The number of fused-ring (bicyclic) bond motifs is 2. The lowest BCUT2D eigenvalue weighted by Gasteiger charge is -2.25. The summed E-state index contributed by atoms with van der Waals surface area (Å²) < 4.78 is 7.99. The minimum absolute atomic E-state index is 0.258. The zero-order valence-electron chi connectivity index (χ0n) is 20.8. The molecule has 2 N–H and O–H groups in total. The Morgan fingerprint density at radius 1 is 1.08 bits per heavy atom. The van der Waals surface area contributed by atoms with Gasteiger partial charge in [0, 0.05) is 21.4 Å². The molecule has 1 aromatic heterocycles. The highest BCUT2D eigenvalue weighted by atomic mass is 79.9. The van der Waals surface area contributed by atoms with E-state index in [-0.39, 0.29) is 21.9 Å². The van der Waals surface area contributed by atoms with Gasteiger partial charge in [0.15, 0.2) is 4.80 Å². The molecule has 0 spiro atoms. The number of ether oxygens (including phenoxy) is 1. The Labute approximate surface area is 235 Å². The summed E-state index contributed by atoms with van der Waals surface area (Å²) >= 11 is 4.59. The molecular formula is C29H21BrN4O4S. The summed E-state index contributed by atoms with van der Waals surface area (Å²) in [6.45, 7) is 1.75. The molecule has 8 nitrogen and oxygen atoms in total. The van der Waals surface area contributed by atoms with E-state index < -0.39 is 11.6 Å². The van der Waals surface area contributed by atoms with Crippen molar-refractivity contribution in [1.29, 1.82) is 0 Å². The van der Waals surface area contributed by atoms with Gasteiger partial charge in [-0.25, -0.2) is 4.99 Å². The molecule has 2 amide bonds. The van der Waals surface area contributed by atoms with E-state index in [0.717, 1.165) is 15.8 Å². The lowest BCUT2D eigenvalue weighted by atomic mass is 9.95. The Bertz CT molecular complexity index is 1890. The van der Waals surface area contributed by atoms with Crippen molar-refractivity contribution in [3.63, 3.8) is 0 Å². The molecule has 3 heterocycles. The number of allylic oxidation sites excluding steroid dienone is 1. The Kier molecular flexibility index (Phi) is 6.28. The van der Waals surface area contributed by atoms with Crippen LogP contribution in [0.3, 0.4) is 0 Å². The normalized spacial score (nSPS) is 17.2. The molecule has 10 heteroatoms. The van der Waals surface area contributed by atoms with E-state index >= 15 is 0 Å². The van der Waals surface area contributed by atoms with Gasteiger partial charge in [0.2, 0.25) is 0 Å². The fourth-order valence-corrected chi connectivity index (χ4v) is 6.38. The number of nitrogens with one attached hydrogen (secondary N) is 2. The number of anilines is 2. The number of methoxy groups -OCH3 is 1. The minimum Gasteiger partial charge on any atom is -0.497 e. The van der Waals surface area contributed by atoms with Gasteiger partial charge in [0.25, 0.3) is 17.4 Å². The number of carbonyl (C=O) groups is 2. The number of nitrogens with zero attached hydrogens (tertiary/aromatic N) is 2. The third-order valence-electron chi connectivity index (χ3n) is 6.64. The molecule has 2 aliphatic rings. The molecule has 39 heavy (non-hydrogen) atoms. The molecule has 194 valence electrons. The van der Waals surface area contributed by atoms with Gasteiger partial charge >= 0.3 is 0 Å². The fraction of sp³-hybridized carbons (Fsp3) is 0.103. The Morgan fingerprint density at radius 2 is 1.87 bits per heavy atom. The van der Waals surface area contributed by atoms with Gasteiger partial charge in [-0.3, -0.25) is 19.0 Å². The van der Waals surface area contributed by atoms with Gasteiger partial charge in [0.1, 0.15) is 10.3 Å². The third kappa shape index (κ3) is 4.31. The minimum atomic E-state index is -0.791. The summed E-state index contributed by atoms with van der Waals surface area (Å²) in [5.74, 6) is -0.144. The number of benzene rings is 3. The van der Waals surface area contributed by atoms with Gasteiger partial charge in [-0.15, -0.1) is 0 Å². The number of halogens is 1. The van der Waals surface area contributed by atoms with E-state index in [0.29, 0.717) is 44.3 Å². The summed E-state index contributed by atoms with van der Waals surface area (Å²) in [6.07, 6.45) is 0. The lowest BCUT2D eigenvalue weighted by Crippen LogP contribution is -2.41. The highest BCUT2D eigenvalue weighted by molar-refractivity contribution is 9.10. The zero-order valence-corrected chi connectivity index (χ0v) is 23.2. The number of aromatic nitrogens is 1. The molecule has 0 bridgehead atoms. The van der Waals surface area contributed by atoms with Crippen LogP contribution in [0.2, 0.25) is 0 Å². The fourth-order valence-electron chi connectivity index (χ4n) is 4.87. The summed E-state index contributed by atoms with van der Waals surface area (Å²) in [5.41, 5.74) is 3.26. The van der Waals surface area contributed by atoms with Crippen molar-refractivity contribution in [2.75, 3.05) is 17.7 Å². The molecule has 6 rings (SSSR count). The summed E-state index contributed by atoms with van der Waals surface area (Å²) in [6, 6.07) is 21.0. The highest BCUT2D eigenvalue weighted by Gasteiger charge is 2.34. The highest BCUT2D eigenvalue weighted by Crippen LogP contribution is 2.34. The first-order valence-electron chi connectivity index (χ1n) is 12.0. The van der Waals surface area contributed by atoms with Crippen LogP contribution >= 0.6 is 27.3 Å². The van der Waals surface area contributed by atoms with Gasteiger partial charge in [-0.1, -0.05) is 57.6 Å². The monoisotopic (exact) mass is 600 g/mol. The second-order valence-electron chi connectivity index (χ2n) is 9.02. The first-order valence-corrected chi connectivity index (χ1v) is 13.6. The van der Waals surface area contributed by atoms with Crippen LogP contribution in [-0.2, 0) is 9.59 Å². The number of carbonyl (C=O) groups excluding carboxylic acids is 2. The van der Waals surface area contributed by atoms with Crippen LogP contribution < -0.4 is 30.3 Å². The van der Waals surface area contributed by atoms with Gasteiger partial charge in [-0.05, 0) is 55.0 Å². The largest absolute Gasteiger partial charge is 0.497 e. The first-order chi connectivity index (χ1) is 18.9. The number of rotatable bonds is 4. The first kappa shape index (κ1) is 25.0. The molecule has 0 fully saturated rings. The average molecular weight is 601 g/mol. The smallest absolute Gasteiger partial charge is 0.271 e. The Balaban J connectivity index is 1.60. The maximum Gasteiger partial charge on any atom is 0.271 e. The second-order valence-corrected chi connectivity index (χ2v) is 10.9. The summed E-state index contributed by atoms with van der Waals surface area (Å²) in [7, 11) is 1.56. The number of thiazole rings is 1. The topological polar surface area (TPSA) is 102 Å². The van der Waals surface area contributed by atoms with Gasteiger partial charge < -0.3 is 15.4 Å². The van der Waals surface area contributed by atoms with E-state index in [1.165, 1.54) is 4.57 Å². The average Bonchev–Trinajstić information content (AvgIpc) is 3.42. The van der Waals surface area contributed by atoms with Crippen molar-refractivity contribution in [3.8, 4) is 5.75 Å². The van der Waals surface area contributed by atoms with Crippen LogP contribution in [0.1, 0.15) is 24.1 Å². The SMILES string of the molecule is COc1cccc([C@@H]2C(C(=O)Nc3ccccc3)=C(C)N=c3s/c(=C4\C(=O)Nc5ccc(Br)cc54)c(=O)n32)c1. The molecule has 1 atom stereocenters. The number of hydrogen-bond donors (Lipinski definition) is 2. The van der Waals surface area contributed by atoms with E-state index in [1.54, 1.807) is 44.4 Å². The quantitative estimate of drug-likeness (QED) is 0.370. The Hall–Kier alpha value is -4.28. The van der Waals surface area contributed by atoms with E-state index in [2.05, 4.69) is 31.6 Å². The van der Waals surface area contributed by atoms with Gasteiger partial charge in [0.05, 0.1) is 30.0 Å². The third-order valence-corrected chi connectivity index (χ3v) is 8.18. The molecular weight excluding hydrogens is 580 g/mol.